The molecule has 0 saturated heterocycles. The van der Waals surface area contributed by atoms with Crippen LogP contribution >= 0.6 is 11.8 Å². The van der Waals surface area contributed by atoms with Crippen LogP contribution in [0.1, 0.15) is 36.6 Å². The molecule has 1 N–H and O–H groups in total. The van der Waals surface area contributed by atoms with E-state index in [9.17, 15) is 5.11 Å². The van der Waals surface area contributed by atoms with Crippen LogP contribution in [0.25, 0.3) is 11.4 Å². The monoisotopic (exact) mass is 352 g/mol. The summed E-state index contributed by atoms with van der Waals surface area (Å²) in [6.45, 7) is 8.42. The molecule has 0 aliphatic carbocycles. The van der Waals surface area contributed by atoms with E-state index in [0.29, 0.717) is 0 Å². The van der Waals surface area contributed by atoms with Gasteiger partial charge >= 0.3 is 0 Å². The molecule has 0 atom stereocenters. The lowest BCUT2D eigenvalue weighted by Crippen LogP contribution is -2.02. The molecule has 3 rings (SSSR count). The molecule has 0 saturated carbocycles. The minimum Gasteiger partial charge on any atom is -0.376 e. The highest BCUT2D eigenvalue weighted by molar-refractivity contribution is 7.99. The molecule has 0 fully saturated rings. The lowest BCUT2D eigenvalue weighted by molar-refractivity contribution is 0.203. The van der Waals surface area contributed by atoms with E-state index in [0.717, 1.165) is 22.1 Å². The molecule has 0 bridgehead atoms. The van der Waals surface area contributed by atoms with Gasteiger partial charge in [0.05, 0.1) is 5.69 Å². The molecule has 1 aromatic heterocycles. The highest BCUT2D eigenvalue weighted by Gasteiger charge is 2.21. The Labute approximate surface area is 153 Å². The predicted octanol–water partition coefficient (Wildman–Crippen LogP) is 5.39. The molecule has 25 heavy (non-hydrogen) atoms. The number of aryl methyl sites for hydroxylation is 2. The second kappa shape index (κ2) is 7.46. The fraction of sp³-hybridized carbons (Fsp3) is 0.286. The van der Waals surface area contributed by atoms with Gasteiger partial charge in [-0.15, -0.1) is 0 Å². The van der Waals surface area contributed by atoms with E-state index >= 15 is 0 Å². The van der Waals surface area contributed by atoms with Gasteiger partial charge < -0.3 is 5.11 Å². The Hall–Kier alpha value is -2.04. The zero-order valence-corrected chi connectivity index (χ0v) is 16.0. The number of benzene rings is 2. The first-order valence-corrected chi connectivity index (χ1v) is 9.34. The Morgan fingerprint density at radius 1 is 1.04 bits per heavy atom. The van der Waals surface area contributed by atoms with Crippen molar-refractivity contribution >= 4 is 11.8 Å². The fourth-order valence-electron chi connectivity index (χ4n) is 2.98. The summed E-state index contributed by atoms with van der Waals surface area (Å²) in [4.78, 5) is 6.05. The van der Waals surface area contributed by atoms with Crippen LogP contribution in [-0.4, -0.2) is 14.7 Å². The summed E-state index contributed by atoms with van der Waals surface area (Å²) in [5.74, 6) is 1.10. The minimum absolute atomic E-state index is 0.0862. The van der Waals surface area contributed by atoms with Crippen LogP contribution in [0.15, 0.2) is 58.5 Å². The molecule has 0 spiro atoms. The second-order valence-corrected chi connectivity index (χ2v) is 7.70. The Bertz CT molecular complexity index is 849. The van der Waals surface area contributed by atoms with E-state index < -0.39 is 0 Å². The van der Waals surface area contributed by atoms with Crippen LogP contribution < -0.4 is 0 Å². The maximum Gasteiger partial charge on any atom is 0.143 e. The van der Waals surface area contributed by atoms with Gasteiger partial charge in [0.2, 0.25) is 0 Å². The molecule has 1 heterocycles. The molecular formula is C21H24N2OS. The molecule has 130 valence electrons. The normalized spacial score (nSPS) is 11.3. The number of hydrogen-bond donors (Lipinski definition) is 1. The molecule has 0 amide bonds. The zero-order valence-electron chi connectivity index (χ0n) is 15.2. The summed E-state index contributed by atoms with van der Waals surface area (Å²) in [5.41, 5.74) is 4.53. The number of imidazole rings is 1. The average Bonchev–Trinajstić information content (AvgIpc) is 2.93. The van der Waals surface area contributed by atoms with Crippen molar-refractivity contribution in [3.63, 3.8) is 0 Å². The van der Waals surface area contributed by atoms with Crippen molar-refractivity contribution in [2.45, 2.75) is 50.3 Å². The van der Waals surface area contributed by atoms with Gasteiger partial charge in [0.1, 0.15) is 17.6 Å². The van der Waals surface area contributed by atoms with Gasteiger partial charge in [-0.1, -0.05) is 62.0 Å². The van der Waals surface area contributed by atoms with E-state index in [1.807, 2.05) is 34.9 Å². The van der Waals surface area contributed by atoms with Crippen molar-refractivity contribution in [1.82, 2.24) is 9.55 Å². The SMILES string of the molecule is Cc1cc(C)cc(Sc2c(C(C)C)nc(-c3ccccc3)n2CO)c1. The van der Waals surface area contributed by atoms with Crippen molar-refractivity contribution in [1.29, 1.82) is 0 Å². The van der Waals surface area contributed by atoms with E-state index in [1.54, 1.807) is 11.8 Å². The number of aliphatic hydroxyl groups is 1. The largest absolute Gasteiger partial charge is 0.376 e. The van der Waals surface area contributed by atoms with Gasteiger partial charge in [-0.05, 0) is 43.0 Å². The highest BCUT2D eigenvalue weighted by Crippen LogP contribution is 2.37. The van der Waals surface area contributed by atoms with Crippen molar-refractivity contribution < 1.29 is 5.11 Å². The Balaban J connectivity index is 2.12. The van der Waals surface area contributed by atoms with Crippen molar-refractivity contribution in [2.75, 3.05) is 0 Å². The Morgan fingerprint density at radius 2 is 1.68 bits per heavy atom. The summed E-state index contributed by atoms with van der Waals surface area (Å²) < 4.78 is 1.91. The van der Waals surface area contributed by atoms with Crippen LogP contribution in [0.3, 0.4) is 0 Å². The summed E-state index contributed by atoms with van der Waals surface area (Å²) in [5, 5.41) is 11.1. The van der Waals surface area contributed by atoms with Crippen LogP contribution in [0.5, 0.6) is 0 Å². The van der Waals surface area contributed by atoms with Gasteiger partial charge in [-0.2, -0.15) is 0 Å². The third kappa shape index (κ3) is 3.80. The van der Waals surface area contributed by atoms with Gasteiger partial charge in [-0.3, -0.25) is 4.57 Å². The quantitative estimate of drug-likeness (QED) is 0.669. The van der Waals surface area contributed by atoms with E-state index in [1.165, 1.54) is 16.0 Å². The zero-order chi connectivity index (χ0) is 18.0. The second-order valence-electron chi connectivity index (χ2n) is 6.64. The van der Waals surface area contributed by atoms with E-state index in [4.69, 9.17) is 4.98 Å². The average molecular weight is 353 g/mol. The van der Waals surface area contributed by atoms with Gasteiger partial charge in [0, 0.05) is 10.5 Å². The number of nitrogens with zero attached hydrogens (tertiary/aromatic N) is 2. The summed E-state index contributed by atoms with van der Waals surface area (Å²) >= 11 is 1.68. The Kier molecular flexibility index (Phi) is 5.30. The van der Waals surface area contributed by atoms with Gasteiger partial charge in [0.15, 0.2) is 0 Å². The molecule has 0 unspecified atom stereocenters. The van der Waals surface area contributed by atoms with Crippen LogP contribution in [0.4, 0.5) is 0 Å². The molecule has 2 aromatic carbocycles. The van der Waals surface area contributed by atoms with Crippen molar-refractivity contribution in [3.05, 3.63) is 65.4 Å². The standard InChI is InChI=1S/C21H24N2OS/c1-14(2)19-21(25-18-11-15(3)10-16(4)12-18)23(13-24)20(22-19)17-8-6-5-7-9-17/h5-12,14,24H,13H2,1-4H3. The van der Waals surface area contributed by atoms with Crippen molar-refractivity contribution in [3.8, 4) is 11.4 Å². The van der Waals surface area contributed by atoms with Gasteiger partial charge in [0.25, 0.3) is 0 Å². The highest BCUT2D eigenvalue weighted by atomic mass is 32.2. The van der Waals surface area contributed by atoms with Gasteiger partial charge in [-0.25, -0.2) is 4.98 Å². The topological polar surface area (TPSA) is 38.0 Å². The van der Waals surface area contributed by atoms with Crippen LogP contribution in [0.2, 0.25) is 0 Å². The number of aliphatic hydroxyl groups excluding tert-OH is 1. The first-order valence-electron chi connectivity index (χ1n) is 8.52. The lowest BCUT2D eigenvalue weighted by atomic mass is 10.1. The maximum absolute atomic E-state index is 10.1. The van der Waals surface area contributed by atoms with Crippen LogP contribution in [-0.2, 0) is 6.73 Å². The summed E-state index contributed by atoms with van der Waals surface area (Å²) in [7, 11) is 0. The van der Waals surface area contributed by atoms with Crippen LogP contribution in [0, 0.1) is 13.8 Å². The lowest BCUT2D eigenvalue weighted by Gasteiger charge is -2.11. The summed E-state index contributed by atoms with van der Waals surface area (Å²) in [6, 6.07) is 16.6. The first-order chi connectivity index (χ1) is 12.0. The van der Waals surface area contributed by atoms with E-state index in [2.05, 4.69) is 45.9 Å². The molecule has 0 aliphatic heterocycles. The smallest absolute Gasteiger partial charge is 0.143 e. The van der Waals surface area contributed by atoms with E-state index in [-0.39, 0.29) is 12.6 Å². The molecule has 3 nitrogen and oxygen atoms in total. The number of rotatable bonds is 5. The molecule has 0 aliphatic rings. The molecule has 3 aromatic rings. The minimum atomic E-state index is -0.0862. The maximum atomic E-state index is 10.1. The Morgan fingerprint density at radius 3 is 2.24 bits per heavy atom. The fourth-order valence-corrected chi connectivity index (χ4v) is 4.34. The number of hydrogen-bond acceptors (Lipinski definition) is 3. The molecule has 0 radical (unpaired) electrons. The third-order valence-electron chi connectivity index (χ3n) is 4.08. The predicted molar refractivity (Wildman–Crippen MR) is 104 cm³/mol. The summed E-state index contributed by atoms with van der Waals surface area (Å²) in [6.07, 6.45) is 0. The number of aromatic nitrogens is 2. The molecular weight excluding hydrogens is 328 g/mol. The molecule has 4 heteroatoms. The first kappa shape index (κ1) is 17.8. The van der Waals surface area contributed by atoms with Crippen molar-refractivity contribution in [2.24, 2.45) is 0 Å². The third-order valence-corrected chi connectivity index (χ3v) is 5.17.